The maximum absolute atomic E-state index is 9.61. The van der Waals surface area contributed by atoms with Crippen LogP contribution in [0.5, 0.6) is 5.75 Å². The minimum absolute atomic E-state index is 0.224. The summed E-state index contributed by atoms with van der Waals surface area (Å²) in [5.74, 6) is 1.27. The number of anilines is 1. The van der Waals surface area contributed by atoms with Crippen molar-refractivity contribution in [3.05, 3.63) is 23.8 Å². The van der Waals surface area contributed by atoms with Crippen molar-refractivity contribution in [3.8, 4) is 5.75 Å². The third kappa shape index (κ3) is 2.94. The van der Waals surface area contributed by atoms with E-state index in [2.05, 4.69) is 4.90 Å². The summed E-state index contributed by atoms with van der Waals surface area (Å²) in [5.41, 5.74) is 7.69. The van der Waals surface area contributed by atoms with Crippen LogP contribution in [0, 0.1) is 5.92 Å². The zero-order valence-electron chi connectivity index (χ0n) is 11.1. The predicted molar refractivity (Wildman–Crippen MR) is 72.5 cm³/mol. The lowest BCUT2D eigenvalue weighted by atomic mass is 10.0. The molecule has 1 aromatic carbocycles. The number of benzene rings is 1. The number of aliphatic hydroxyl groups is 1. The van der Waals surface area contributed by atoms with E-state index in [9.17, 15) is 5.11 Å². The summed E-state index contributed by atoms with van der Waals surface area (Å²) in [7, 11) is 1.68. The van der Waals surface area contributed by atoms with Crippen LogP contribution in [0.15, 0.2) is 18.2 Å². The molecule has 1 saturated heterocycles. The standard InChI is InChI=1S/C14H22N2O2/c1-10(17)11-5-6-16(8-11)9-12-7-13(15)3-4-14(12)18-2/h3-4,7,10-11,17H,5-6,8-9,15H2,1-2H3. The van der Waals surface area contributed by atoms with Crippen LogP contribution in [0.1, 0.15) is 18.9 Å². The van der Waals surface area contributed by atoms with Gasteiger partial charge in [0.15, 0.2) is 0 Å². The topological polar surface area (TPSA) is 58.7 Å². The van der Waals surface area contributed by atoms with Crippen LogP contribution in [-0.4, -0.2) is 36.3 Å². The molecule has 1 aliphatic rings. The first-order chi connectivity index (χ1) is 8.60. The van der Waals surface area contributed by atoms with Crippen molar-refractivity contribution >= 4 is 5.69 Å². The van der Waals surface area contributed by atoms with Gasteiger partial charge in [-0.3, -0.25) is 4.90 Å². The van der Waals surface area contributed by atoms with Crippen LogP contribution >= 0.6 is 0 Å². The molecular formula is C14H22N2O2. The normalized spacial score (nSPS) is 22.1. The van der Waals surface area contributed by atoms with Gasteiger partial charge >= 0.3 is 0 Å². The lowest BCUT2D eigenvalue weighted by molar-refractivity contribution is 0.127. The van der Waals surface area contributed by atoms with Gasteiger partial charge < -0.3 is 15.6 Å². The SMILES string of the molecule is COc1ccc(N)cc1CN1CCC(C(C)O)C1. The molecule has 0 aliphatic carbocycles. The van der Waals surface area contributed by atoms with E-state index >= 15 is 0 Å². The number of hydrogen-bond donors (Lipinski definition) is 2. The molecule has 0 aromatic heterocycles. The summed E-state index contributed by atoms with van der Waals surface area (Å²) >= 11 is 0. The van der Waals surface area contributed by atoms with Crippen LogP contribution in [-0.2, 0) is 6.54 Å². The summed E-state index contributed by atoms with van der Waals surface area (Å²) < 4.78 is 5.35. The fourth-order valence-corrected chi connectivity index (χ4v) is 2.56. The van der Waals surface area contributed by atoms with Gasteiger partial charge in [-0.2, -0.15) is 0 Å². The lowest BCUT2D eigenvalue weighted by Gasteiger charge is -2.19. The molecule has 0 saturated carbocycles. The molecule has 0 radical (unpaired) electrons. The Morgan fingerprint density at radius 3 is 2.94 bits per heavy atom. The van der Waals surface area contributed by atoms with Crippen molar-refractivity contribution in [1.82, 2.24) is 4.90 Å². The van der Waals surface area contributed by atoms with Crippen molar-refractivity contribution in [1.29, 1.82) is 0 Å². The van der Waals surface area contributed by atoms with Gasteiger partial charge in [0.2, 0.25) is 0 Å². The Bertz CT molecular complexity index is 407. The molecule has 4 nitrogen and oxygen atoms in total. The molecule has 100 valence electrons. The van der Waals surface area contributed by atoms with E-state index in [1.165, 1.54) is 0 Å². The fourth-order valence-electron chi connectivity index (χ4n) is 2.56. The number of nitrogens with two attached hydrogens (primary N) is 1. The van der Waals surface area contributed by atoms with Gasteiger partial charge in [0.1, 0.15) is 5.75 Å². The van der Waals surface area contributed by atoms with E-state index in [1.54, 1.807) is 7.11 Å². The Labute approximate surface area is 108 Å². The molecule has 3 N–H and O–H groups in total. The van der Waals surface area contributed by atoms with Crippen molar-refractivity contribution < 1.29 is 9.84 Å². The predicted octanol–water partition coefficient (Wildman–Crippen LogP) is 1.48. The molecule has 0 bridgehead atoms. The summed E-state index contributed by atoms with van der Waals surface area (Å²) in [5, 5.41) is 9.61. The van der Waals surface area contributed by atoms with Gasteiger partial charge in [-0.15, -0.1) is 0 Å². The van der Waals surface area contributed by atoms with E-state index < -0.39 is 0 Å². The molecule has 2 unspecified atom stereocenters. The maximum atomic E-state index is 9.61. The van der Waals surface area contributed by atoms with E-state index in [-0.39, 0.29) is 6.10 Å². The summed E-state index contributed by atoms with van der Waals surface area (Å²) in [6.45, 7) is 4.66. The van der Waals surface area contributed by atoms with Crippen LogP contribution in [0.2, 0.25) is 0 Å². The smallest absolute Gasteiger partial charge is 0.123 e. The van der Waals surface area contributed by atoms with E-state index in [1.807, 2.05) is 25.1 Å². The second-order valence-corrected chi connectivity index (χ2v) is 5.10. The van der Waals surface area contributed by atoms with Gasteiger partial charge in [0.25, 0.3) is 0 Å². The minimum Gasteiger partial charge on any atom is -0.496 e. The second kappa shape index (κ2) is 5.59. The number of hydrogen-bond acceptors (Lipinski definition) is 4. The van der Waals surface area contributed by atoms with E-state index in [0.29, 0.717) is 5.92 Å². The molecule has 4 heteroatoms. The molecule has 0 amide bonds. The number of rotatable bonds is 4. The first kappa shape index (κ1) is 13.2. The van der Waals surface area contributed by atoms with Crippen LogP contribution in [0.3, 0.4) is 0 Å². The average Bonchev–Trinajstić information content (AvgIpc) is 2.78. The molecule has 1 heterocycles. The quantitative estimate of drug-likeness (QED) is 0.795. The molecule has 2 rings (SSSR count). The number of nitrogen functional groups attached to an aromatic ring is 1. The lowest BCUT2D eigenvalue weighted by Crippen LogP contribution is -2.24. The van der Waals surface area contributed by atoms with Crippen molar-refractivity contribution in [2.24, 2.45) is 5.92 Å². The highest BCUT2D eigenvalue weighted by molar-refractivity contribution is 5.47. The Morgan fingerprint density at radius 1 is 1.56 bits per heavy atom. The molecule has 1 aromatic rings. The Kier molecular flexibility index (Phi) is 4.09. The average molecular weight is 250 g/mol. The van der Waals surface area contributed by atoms with Crippen molar-refractivity contribution in [2.75, 3.05) is 25.9 Å². The summed E-state index contributed by atoms with van der Waals surface area (Å²) in [6.07, 6.45) is 0.834. The van der Waals surface area contributed by atoms with Gasteiger partial charge in [0, 0.05) is 24.3 Å². The first-order valence-corrected chi connectivity index (χ1v) is 6.43. The number of ether oxygens (including phenoxy) is 1. The first-order valence-electron chi connectivity index (χ1n) is 6.43. The molecule has 1 fully saturated rings. The van der Waals surface area contributed by atoms with Crippen LogP contribution in [0.4, 0.5) is 5.69 Å². The fraction of sp³-hybridized carbons (Fsp3) is 0.571. The van der Waals surface area contributed by atoms with Crippen molar-refractivity contribution in [2.45, 2.75) is 26.0 Å². The Balaban J connectivity index is 2.04. The summed E-state index contributed by atoms with van der Waals surface area (Å²) in [6, 6.07) is 5.73. The number of likely N-dealkylation sites (tertiary alicyclic amines) is 1. The highest BCUT2D eigenvalue weighted by Crippen LogP contribution is 2.26. The largest absolute Gasteiger partial charge is 0.496 e. The molecule has 0 spiro atoms. The number of aliphatic hydroxyl groups excluding tert-OH is 1. The van der Waals surface area contributed by atoms with Gasteiger partial charge in [-0.25, -0.2) is 0 Å². The minimum atomic E-state index is -0.224. The highest BCUT2D eigenvalue weighted by atomic mass is 16.5. The molecule has 2 atom stereocenters. The summed E-state index contributed by atoms with van der Waals surface area (Å²) in [4.78, 5) is 2.34. The zero-order valence-corrected chi connectivity index (χ0v) is 11.1. The Morgan fingerprint density at radius 2 is 2.33 bits per heavy atom. The Hall–Kier alpha value is -1.26. The van der Waals surface area contributed by atoms with Crippen LogP contribution < -0.4 is 10.5 Å². The third-order valence-corrected chi connectivity index (χ3v) is 3.69. The third-order valence-electron chi connectivity index (χ3n) is 3.69. The van der Waals surface area contributed by atoms with Gasteiger partial charge in [-0.1, -0.05) is 0 Å². The maximum Gasteiger partial charge on any atom is 0.123 e. The number of methoxy groups -OCH3 is 1. The second-order valence-electron chi connectivity index (χ2n) is 5.10. The van der Waals surface area contributed by atoms with Crippen molar-refractivity contribution in [3.63, 3.8) is 0 Å². The molecule has 18 heavy (non-hydrogen) atoms. The number of nitrogens with zero attached hydrogens (tertiary/aromatic N) is 1. The zero-order chi connectivity index (χ0) is 13.1. The monoisotopic (exact) mass is 250 g/mol. The molecule has 1 aliphatic heterocycles. The highest BCUT2D eigenvalue weighted by Gasteiger charge is 2.26. The van der Waals surface area contributed by atoms with E-state index in [4.69, 9.17) is 10.5 Å². The van der Waals surface area contributed by atoms with E-state index in [0.717, 1.165) is 43.1 Å². The van der Waals surface area contributed by atoms with Crippen LogP contribution in [0.25, 0.3) is 0 Å². The van der Waals surface area contributed by atoms with Gasteiger partial charge in [-0.05, 0) is 44.0 Å². The van der Waals surface area contributed by atoms with Gasteiger partial charge in [0.05, 0.1) is 13.2 Å². The molecular weight excluding hydrogens is 228 g/mol.